The number of hydrogen-bond acceptors (Lipinski definition) is 4. The fraction of sp³-hybridized carbons (Fsp3) is 0.429. The molecule has 3 rings (SSSR count). The number of ether oxygens (including phenoxy) is 1. The molecule has 0 N–H and O–H groups in total. The Morgan fingerprint density at radius 2 is 1.52 bits per heavy atom. The molecule has 0 bridgehead atoms. The molecule has 0 fully saturated rings. The van der Waals surface area contributed by atoms with Crippen molar-refractivity contribution >= 4 is 34.0 Å². The molecule has 3 heterocycles. The smallest absolute Gasteiger partial charge is 0.138 e. The van der Waals surface area contributed by atoms with Gasteiger partial charge in [0.05, 0.1) is 12.0 Å². The van der Waals surface area contributed by atoms with Crippen LogP contribution in [-0.2, 0) is 6.42 Å². The zero-order valence-electron chi connectivity index (χ0n) is 15.5. The van der Waals surface area contributed by atoms with Gasteiger partial charge in [-0.1, -0.05) is 26.2 Å². The van der Waals surface area contributed by atoms with Crippen LogP contribution in [0.2, 0.25) is 0 Å². The van der Waals surface area contributed by atoms with Crippen LogP contribution in [0.15, 0.2) is 24.3 Å². The van der Waals surface area contributed by atoms with Gasteiger partial charge in [0.15, 0.2) is 0 Å². The molecule has 0 saturated carbocycles. The SMILES string of the molecule is CCCCCCc1cc(C)sc1-c1ccc(-c2sc(C)cc2OC)s1. The summed E-state index contributed by atoms with van der Waals surface area (Å²) in [4.78, 5) is 8.15. The van der Waals surface area contributed by atoms with E-state index in [1.807, 2.05) is 34.0 Å². The highest BCUT2D eigenvalue weighted by atomic mass is 32.1. The van der Waals surface area contributed by atoms with Crippen LogP contribution in [0.3, 0.4) is 0 Å². The molecule has 0 radical (unpaired) electrons. The van der Waals surface area contributed by atoms with E-state index in [1.165, 1.54) is 66.9 Å². The van der Waals surface area contributed by atoms with E-state index in [2.05, 4.69) is 45.0 Å². The van der Waals surface area contributed by atoms with Gasteiger partial charge in [-0.25, -0.2) is 0 Å². The van der Waals surface area contributed by atoms with E-state index in [-0.39, 0.29) is 0 Å². The second-order valence-electron chi connectivity index (χ2n) is 6.44. The van der Waals surface area contributed by atoms with Crippen LogP contribution in [0, 0.1) is 13.8 Å². The Bertz CT molecular complexity index is 822. The number of unbranched alkanes of at least 4 members (excludes halogenated alkanes) is 3. The second kappa shape index (κ2) is 8.52. The standard InChI is InChI=1S/C21H26OS3/c1-5-6-7-8-9-16-12-14(2)23-20(16)18-10-11-19(25-18)21-17(22-4)13-15(3)24-21/h10-13H,5-9H2,1-4H3. The maximum Gasteiger partial charge on any atom is 0.138 e. The third-order valence-corrected chi connectivity index (χ3v) is 7.90. The third kappa shape index (κ3) is 4.36. The predicted octanol–water partition coefficient (Wildman–Crippen LogP) is 7.95. The number of thiophene rings is 3. The van der Waals surface area contributed by atoms with E-state index in [0.717, 1.165) is 5.75 Å². The summed E-state index contributed by atoms with van der Waals surface area (Å²) in [5.74, 6) is 0.998. The highest BCUT2D eigenvalue weighted by molar-refractivity contribution is 7.26. The van der Waals surface area contributed by atoms with Gasteiger partial charge in [-0.15, -0.1) is 34.0 Å². The molecule has 0 amide bonds. The molecule has 0 atom stereocenters. The van der Waals surface area contributed by atoms with Gasteiger partial charge >= 0.3 is 0 Å². The zero-order chi connectivity index (χ0) is 17.8. The average Bonchev–Trinajstić information content (AvgIpc) is 3.29. The van der Waals surface area contributed by atoms with Crippen LogP contribution < -0.4 is 4.74 Å². The Labute approximate surface area is 163 Å². The first-order valence-corrected chi connectivity index (χ1v) is 11.4. The number of rotatable bonds is 8. The summed E-state index contributed by atoms with van der Waals surface area (Å²) in [6, 6.07) is 9.06. The lowest BCUT2D eigenvalue weighted by molar-refractivity contribution is 0.418. The summed E-state index contributed by atoms with van der Waals surface area (Å²) in [7, 11) is 1.76. The van der Waals surface area contributed by atoms with Gasteiger partial charge < -0.3 is 4.74 Å². The molecule has 0 aliphatic rings. The molecule has 3 aromatic heterocycles. The fourth-order valence-electron chi connectivity index (χ4n) is 3.10. The lowest BCUT2D eigenvalue weighted by atomic mass is 10.1. The molecule has 0 unspecified atom stereocenters. The lowest BCUT2D eigenvalue weighted by Gasteiger charge is -2.02. The van der Waals surface area contributed by atoms with E-state index in [9.17, 15) is 0 Å². The largest absolute Gasteiger partial charge is 0.495 e. The second-order valence-corrected chi connectivity index (χ2v) is 10.0. The van der Waals surface area contributed by atoms with Crippen LogP contribution in [0.1, 0.15) is 47.9 Å². The lowest BCUT2D eigenvalue weighted by Crippen LogP contribution is -1.85. The van der Waals surface area contributed by atoms with E-state index >= 15 is 0 Å². The van der Waals surface area contributed by atoms with Crippen LogP contribution in [-0.4, -0.2) is 7.11 Å². The number of hydrogen-bond donors (Lipinski definition) is 0. The molecule has 4 heteroatoms. The summed E-state index contributed by atoms with van der Waals surface area (Å²) in [5.41, 5.74) is 1.53. The number of aryl methyl sites for hydroxylation is 3. The minimum absolute atomic E-state index is 0.998. The normalized spacial score (nSPS) is 11.2. The zero-order valence-corrected chi connectivity index (χ0v) is 17.9. The van der Waals surface area contributed by atoms with Crippen LogP contribution in [0.4, 0.5) is 0 Å². The maximum absolute atomic E-state index is 5.56. The Hall–Kier alpha value is -1.10. The molecule has 0 aliphatic carbocycles. The van der Waals surface area contributed by atoms with Crippen molar-refractivity contribution < 1.29 is 4.74 Å². The Balaban J connectivity index is 1.84. The first kappa shape index (κ1) is 18.7. The van der Waals surface area contributed by atoms with Crippen molar-refractivity contribution in [3.63, 3.8) is 0 Å². The molecule has 134 valence electrons. The molecule has 0 aromatic carbocycles. The highest BCUT2D eigenvalue weighted by Gasteiger charge is 2.16. The first-order valence-electron chi connectivity index (χ1n) is 8.96. The summed E-state index contributed by atoms with van der Waals surface area (Å²) in [5, 5.41) is 0. The average molecular weight is 391 g/mol. The minimum atomic E-state index is 0.998. The molecule has 25 heavy (non-hydrogen) atoms. The molecular weight excluding hydrogens is 364 g/mol. The minimum Gasteiger partial charge on any atom is -0.495 e. The molecule has 1 nitrogen and oxygen atoms in total. The van der Waals surface area contributed by atoms with Gasteiger partial charge in [-0.3, -0.25) is 0 Å². The molecule has 0 saturated heterocycles. The van der Waals surface area contributed by atoms with Crippen molar-refractivity contribution in [2.75, 3.05) is 7.11 Å². The molecule has 0 aliphatic heterocycles. The van der Waals surface area contributed by atoms with Gasteiger partial charge in [0.25, 0.3) is 0 Å². The Morgan fingerprint density at radius 3 is 2.24 bits per heavy atom. The Morgan fingerprint density at radius 1 is 0.840 bits per heavy atom. The van der Waals surface area contributed by atoms with Crippen molar-refractivity contribution in [3.8, 4) is 25.3 Å². The van der Waals surface area contributed by atoms with Crippen molar-refractivity contribution in [1.82, 2.24) is 0 Å². The van der Waals surface area contributed by atoms with Crippen LogP contribution in [0.25, 0.3) is 19.5 Å². The van der Waals surface area contributed by atoms with E-state index < -0.39 is 0 Å². The monoisotopic (exact) mass is 390 g/mol. The molecular formula is C21H26OS3. The first-order chi connectivity index (χ1) is 12.1. The van der Waals surface area contributed by atoms with Crippen molar-refractivity contribution in [1.29, 1.82) is 0 Å². The van der Waals surface area contributed by atoms with E-state index in [1.54, 1.807) is 7.11 Å². The Kier molecular flexibility index (Phi) is 6.37. The molecule has 0 spiro atoms. The van der Waals surface area contributed by atoms with Gasteiger partial charge in [-0.2, -0.15) is 0 Å². The van der Waals surface area contributed by atoms with Gasteiger partial charge in [0.2, 0.25) is 0 Å². The summed E-state index contributed by atoms with van der Waals surface area (Å²) in [6.45, 7) is 6.64. The number of methoxy groups -OCH3 is 1. The van der Waals surface area contributed by atoms with Gasteiger partial charge in [-0.05, 0) is 56.5 Å². The quantitative estimate of drug-likeness (QED) is 0.354. The topological polar surface area (TPSA) is 9.23 Å². The predicted molar refractivity (Wildman–Crippen MR) is 115 cm³/mol. The van der Waals surface area contributed by atoms with Gasteiger partial charge in [0, 0.05) is 24.4 Å². The van der Waals surface area contributed by atoms with Crippen LogP contribution >= 0.6 is 34.0 Å². The van der Waals surface area contributed by atoms with E-state index in [4.69, 9.17) is 4.74 Å². The maximum atomic E-state index is 5.56. The van der Waals surface area contributed by atoms with Crippen molar-refractivity contribution in [2.24, 2.45) is 0 Å². The third-order valence-electron chi connectivity index (χ3n) is 4.33. The van der Waals surface area contributed by atoms with Gasteiger partial charge in [0.1, 0.15) is 5.75 Å². The summed E-state index contributed by atoms with van der Waals surface area (Å²) >= 11 is 5.65. The van der Waals surface area contributed by atoms with Crippen molar-refractivity contribution in [3.05, 3.63) is 39.6 Å². The highest BCUT2D eigenvalue weighted by Crippen LogP contribution is 2.45. The summed E-state index contributed by atoms with van der Waals surface area (Å²) < 4.78 is 5.56. The molecule has 3 aromatic rings. The van der Waals surface area contributed by atoms with Crippen LogP contribution in [0.5, 0.6) is 5.75 Å². The van der Waals surface area contributed by atoms with Crippen molar-refractivity contribution in [2.45, 2.75) is 52.9 Å². The van der Waals surface area contributed by atoms with E-state index in [0.29, 0.717) is 0 Å². The summed E-state index contributed by atoms with van der Waals surface area (Å²) in [6.07, 6.45) is 6.48. The fourth-order valence-corrected chi connectivity index (χ4v) is 6.41.